The van der Waals surface area contributed by atoms with Gasteiger partial charge in [0.15, 0.2) is 0 Å². The van der Waals surface area contributed by atoms with Crippen molar-refractivity contribution in [2.75, 3.05) is 0 Å². The fourth-order valence-electron chi connectivity index (χ4n) is 1.74. The molecule has 3 rings (SSSR count). The zero-order valence-corrected chi connectivity index (χ0v) is 9.02. The van der Waals surface area contributed by atoms with E-state index in [9.17, 15) is 4.79 Å². The van der Waals surface area contributed by atoms with Gasteiger partial charge < -0.3 is 4.40 Å². The van der Waals surface area contributed by atoms with E-state index >= 15 is 0 Å². The summed E-state index contributed by atoms with van der Waals surface area (Å²) in [5, 5.41) is 0. The molecular formula is C12H10N4O. The van der Waals surface area contributed by atoms with Crippen LogP contribution in [0, 0.1) is 0 Å². The molecule has 0 N–H and O–H groups in total. The van der Waals surface area contributed by atoms with E-state index in [0.717, 1.165) is 11.3 Å². The Morgan fingerprint density at radius 2 is 2.18 bits per heavy atom. The van der Waals surface area contributed by atoms with Gasteiger partial charge in [0.05, 0.1) is 18.6 Å². The van der Waals surface area contributed by atoms with Gasteiger partial charge in [-0.3, -0.25) is 9.36 Å². The van der Waals surface area contributed by atoms with Crippen molar-refractivity contribution in [3.8, 4) is 0 Å². The molecule has 0 bridgehead atoms. The van der Waals surface area contributed by atoms with Gasteiger partial charge in [-0.25, -0.2) is 9.97 Å². The summed E-state index contributed by atoms with van der Waals surface area (Å²) in [6, 6.07) is 7.24. The van der Waals surface area contributed by atoms with Gasteiger partial charge in [-0.15, -0.1) is 0 Å². The first-order chi connectivity index (χ1) is 8.33. The molecule has 0 saturated heterocycles. The molecular weight excluding hydrogens is 216 g/mol. The van der Waals surface area contributed by atoms with E-state index in [0.29, 0.717) is 6.54 Å². The number of hydrogen-bond donors (Lipinski definition) is 0. The largest absolute Gasteiger partial charge is 0.307 e. The third kappa shape index (κ3) is 1.82. The van der Waals surface area contributed by atoms with Crippen LogP contribution in [-0.2, 0) is 6.54 Å². The van der Waals surface area contributed by atoms with Crippen molar-refractivity contribution >= 4 is 5.65 Å². The Kier molecular flexibility index (Phi) is 2.22. The Morgan fingerprint density at radius 1 is 1.24 bits per heavy atom. The smallest absolute Gasteiger partial charge is 0.253 e. The Labute approximate surface area is 97.0 Å². The Morgan fingerprint density at radius 3 is 3.00 bits per heavy atom. The lowest BCUT2D eigenvalue weighted by Crippen LogP contribution is -2.19. The lowest BCUT2D eigenvalue weighted by Gasteiger charge is -1.99. The molecule has 0 spiro atoms. The van der Waals surface area contributed by atoms with Crippen LogP contribution in [0.3, 0.4) is 0 Å². The van der Waals surface area contributed by atoms with E-state index in [-0.39, 0.29) is 5.56 Å². The van der Waals surface area contributed by atoms with Gasteiger partial charge >= 0.3 is 0 Å². The minimum absolute atomic E-state index is 0.0722. The van der Waals surface area contributed by atoms with Gasteiger partial charge in [0.2, 0.25) is 0 Å². The maximum Gasteiger partial charge on any atom is 0.253 e. The van der Waals surface area contributed by atoms with Crippen LogP contribution in [0.5, 0.6) is 0 Å². The second kappa shape index (κ2) is 3.86. The molecule has 0 saturated carbocycles. The fourth-order valence-corrected chi connectivity index (χ4v) is 1.74. The van der Waals surface area contributed by atoms with E-state index in [1.807, 2.05) is 35.0 Å². The van der Waals surface area contributed by atoms with Crippen molar-refractivity contribution in [1.82, 2.24) is 18.9 Å². The van der Waals surface area contributed by atoms with Crippen LogP contribution in [0.1, 0.15) is 5.69 Å². The molecule has 0 aliphatic carbocycles. The highest BCUT2D eigenvalue weighted by atomic mass is 16.1. The molecule has 5 heteroatoms. The van der Waals surface area contributed by atoms with Crippen molar-refractivity contribution in [3.05, 3.63) is 65.2 Å². The molecule has 0 aromatic carbocycles. The van der Waals surface area contributed by atoms with Crippen LogP contribution in [0.2, 0.25) is 0 Å². The van der Waals surface area contributed by atoms with Crippen LogP contribution < -0.4 is 5.56 Å². The monoisotopic (exact) mass is 226 g/mol. The highest BCUT2D eigenvalue weighted by molar-refractivity contribution is 5.39. The van der Waals surface area contributed by atoms with E-state index in [1.54, 1.807) is 0 Å². The van der Waals surface area contributed by atoms with Gasteiger partial charge in [0.1, 0.15) is 5.65 Å². The molecule has 0 unspecified atom stereocenters. The van der Waals surface area contributed by atoms with Crippen molar-refractivity contribution < 1.29 is 0 Å². The molecule has 5 nitrogen and oxygen atoms in total. The third-order valence-corrected chi connectivity index (χ3v) is 2.54. The lowest BCUT2D eigenvalue weighted by molar-refractivity contribution is 0.723. The molecule has 3 aromatic heterocycles. The van der Waals surface area contributed by atoms with Gasteiger partial charge in [0.25, 0.3) is 5.56 Å². The molecule has 0 amide bonds. The number of pyridine rings is 1. The first-order valence-electron chi connectivity index (χ1n) is 5.26. The molecule has 0 aliphatic rings. The van der Waals surface area contributed by atoms with Crippen LogP contribution in [0.4, 0.5) is 0 Å². The first kappa shape index (κ1) is 9.77. The summed E-state index contributed by atoms with van der Waals surface area (Å²) in [5.74, 6) is 0. The minimum Gasteiger partial charge on any atom is -0.307 e. The molecule has 3 heterocycles. The van der Waals surface area contributed by atoms with E-state index in [1.165, 1.54) is 23.2 Å². The predicted molar refractivity (Wildman–Crippen MR) is 62.8 cm³/mol. The highest BCUT2D eigenvalue weighted by Gasteiger charge is 2.02. The number of nitrogens with zero attached hydrogens (tertiary/aromatic N) is 4. The quantitative estimate of drug-likeness (QED) is 0.653. The summed E-state index contributed by atoms with van der Waals surface area (Å²) in [4.78, 5) is 19.9. The SMILES string of the molecule is O=c1ccncn1Cc1cn2ccccc2n1. The van der Waals surface area contributed by atoms with Crippen molar-refractivity contribution in [2.24, 2.45) is 0 Å². The summed E-state index contributed by atoms with van der Waals surface area (Å²) in [7, 11) is 0. The average molecular weight is 226 g/mol. The van der Waals surface area contributed by atoms with Gasteiger partial charge in [-0.1, -0.05) is 6.07 Å². The molecule has 3 aromatic rings. The summed E-state index contributed by atoms with van der Waals surface area (Å²) >= 11 is 0. The second-order valence-corrected chi connectivity index (χ2v) is 3.74. The topological polar surface area (TPSA) is 52.2 Å². The number of aromatic nitrogens is 4. The standard InChI is InChI=1S/C12H10N4O/c17-12-4-5-13-9-16(12)8-10-7-15-6-2-1-3-11(15)14-10/h1-7,9H,8H2. The third-order valence-electron chi connectivity index (χ3n) is 2.54. The Hall–Kier alpha value is -2.43. The van der Waals surface area contributed by atoms with Crippen molar-refractivity contribution in [1.29, 1.82) is 0 Å². The molecule has 17 heavy (non-hydrogen) atoms. The maximum atomic E-state index is 11.5. The van der Waals surface area contributed by atoms with Crippen LogP contribution in [-0.4, -0.2) is 18.9 Å². The predicted octanol–water partition coefficient (Wildman–Crippen LogP) is 0.939. The fraction of sp³-hybridized carbons (Fsp3) is 0.0833. The van der Waals surface area contributed by atoms with Gasteiger partial charge in [-0.2, -0.15) is 0 Å². The van der Waals surface area contributed by atoms with Crippen molar-refractivity contribution in [3.63, 3.8) is 0 Å². The zero-order valence-electron chi connectivity index (χ0n) is 9.02. The molecule has 0 atom stereocenters. The second-order valence-electron chi connectivity index (χ2n) is 3.74. The van der Waals surface area contributed by atoms with Crippen LogP contribution in [0.15, 0.2) is 54.0 Å². The molecule has 0 aliphatic heterocycles. The zero-order chi connectivity index (χ0) is 11.7. The van der Waals surface area contributed by atoms with Crippen LogP contribution in [0.25, 0.3) is 5.65 Å². The van der Waals surface area contributed by atoms with E-state index in [2.05, 4.69) is 9.97 Å². The number of imidazole rings is 1. The number of fused-ring (bicyclic) bond motifs is 1. The van der Waals surface area contributed by atoms with E-state index in [4.69, 9.17) is 0 Å². The van der Waals surface area contributed by atoms with Gasteiger partial charge in [-0.05, 0) is 12.1 Å². The molecule has 0 fully saturated rings. The minimum atomic E-state index is -0.0722. The maximum absolute atomic E-state index is 11.5. The highest BCUT2D eigenvalue weighted by Crippen LogP contribution is 2.04. The summed E-state index contributed by atoms with van der Waals surface area (Å²) in [5.41, 5.74) is 1.64. The number of hydrogen-bond acceptors (Lipinski definition) is 3. The summed E-state index contributed by atoms with van der Waals surface area (Å²) in [6.07, 6.45) is 6.85. The lowest BCUT2D eigenvalue weighted by atomic mass is 10.4. The molecule has 84 valence electrons. The average Bonchev–Trinajstić information content (AvgIpc) is 2.74. The van der Waals surface area contributed by atoms with Crippen LogP contribution >= 0.6 is 0 Å². The molecule has 0 radical (unpaired) electrons. The Balaban J connectivity index is 2.00. The first-order valence-corrected chi connectivity index (χ1v) is 5.26. The van der Waals surface area contributed by atoms with E-state index < -0.39 is 0 Å². The van der Waals surface area contributed by atoms with Gasteiger partial charge in [0, 0.05) is 24.7 Å². The summed E-state index contributed by atoms with van der Waals surface area (Å²) in [6.45, 7) is 0.439. The summed E-state index contributed by atoms with van der Waals surface area (Å²) < 4.78 is 3.46. The Bertz CT molecular complexity index is 680. The normalized spacial score (nSPS) is 10.8. The number of rotatable bonds is 2. The van der Waals surface area contributed by atoms with Crippen molar-refractivity contribution in [2.45, 2.75) is 6.54 Å².